The summed E-state index contributed by atoms with van der Waals surface area (Å²) < 4.78 is 26.2. The first-order chi connectivity index (χ1) is 32.0. The number of fused-ring (bicyclic) bond motifs is 4. The Morgan fingerprint density at radius 1 is 0.864 bits per heavy atom. The van der Waals surface area contributed by atoms with Crippen molar-refractivity contribution in [2.24, 2.45) is 5.92 Å². The Hall–Kier alpha value is -6.61. The Morgan fingerprint density at radius 3 is 2.33 bits per heavy atom. The van der Waals surface area contributed by atoms with Gasteiger partial charge in [-0.05, 0) is 85.0 Å². The molecule has 5 aromatic carbocycles. The highest BCUT2D eigenvalue weighted by Gasteiger charge is 2.66. The maximum Gasteiger partial charge on any atom is 0.305 e. The average Bonchev–Trinajstić information content (AvgIpc) is 3.97. The van der Waals surface area contributed by atoms with Gasteiger partial charge in [0.1, 0.15) is 11.5 Å². The van der Waals surface area contributed by atoms with Crippen molar-refractivity contribution in [3.8, 4) is 17.2 Å². The second-order valence-corrected chi connectivity index (χ2v) is 22.6. The third-order valence-corrected chi connectivity index (χ3v) is 18.3. The number of rotatable bonds is 15. The van der Waals surface area contributed by atoms with Gasteiger partial charge in [0.2, 0.25) is 0 Å². The summed E-state index contributed by atoms with van der Waals surface area (Å²) in [4.78, 5) is 46.0. The van der Waals surface area contributed by atoms with Gasteiger partial charge in [-0.2, -0.15) is 0 Å². The van der Waals surface area contributed by atoms with Gasteiger partial charge in [-0.15, -0.1) is 5.10 Å². The summed E-state index contributed by atoms with van der Waals surface area (Å²) in [6, 6.07) is 38.5. The number of para-hydroxylation sites is 3. The van der Waals surface area contributed by atoms with Crippen molar-refractivity contribution in [2.75, 3.05) is 37.2 Å². The summed E-state index contributed by atoms with van der Waals surface area (Å²) in [6.07, 6.45) is 3.34. The van der Waals surface area contributed by atoms with E-state index in [4.69, 9.17) is 18.9 Å². The lowest BCUT2D eigenvalue weighted by Gasteiger charge is -2.37. The molecule has 0 saturated carbocycles. The number of amides is 2. The molecule has 4 heterocycles. The van der Waals surface area contributed by atoms with Gasteiger partial charge in [0.25, 0.3) is 11.8 Å². The van der Waals surface area contributed by atoms with Crippen LogP contribution in [0.15, 0.2) is 128 Å². The summed E-state index contributed by atoms with van der Waals surface area (Å²) in [5.41, 5.74) is 3.07. The molecule has 66 heavy (non-hydrogen) atoms. The third kappa shape index (κ3) is 7.86. The highest BCUT2D eigenvalue weighted by molar-refractivity contribution is 6.91. The van der Waals surface area contributed by atoms with E-state index >= 15 is 4.79 Å². The van der Waals surface area contributed by atoms with Crippen LogP contribution in [0.4, 0.5) is 17.1 Å². The number of unbranched alkanes of at least 4 members (excludes halogenated alkanes) is 1. The number of benzene rings is 5. The average molecular weight is 906 g/mol. The summed E-state index contributed by atoms with van der Waals surface area (Å²) in [6.45, 7) is 7.53. The molecule has 1 fully saturated rings. The molecule has 0 bridgehead atoms. The summed E-state index contributed by atoms with van der Waals surface area (Å²) >= 11 is 0. The highest BCUT2D eigenvalue weighted by atomic mass is 28.3. The first-order valence-corrected chi connectivity index (χ1v) is 25.7. The fraction of sp³-hybridized carbons (Fsp3) is 0.327. The Labute approximate surface area is 385 Å². The van der Waals surface area contributed by atoms with E-state index < -0.39 is 19.8 Å². The van der Waals surface area contributed by atoms with E-state index in [0.717, 1.165) is 11.3 Å². The number of aliphatic hydroxyl groups is 1. The predicted molar refractivity (Wildman–Crippen MR) is 254 cm³/mol. The first-order valence-electron chi connectivity index (χ1n) is 22.6. The number of aromatic nitrogens is 3. The van der Waals surface area contributed by atoms with Crippen molar-refractivity contribution in [3.05, 3.63) is 150 Å². The molecule has 1 spiro atoms. The number of aliphatic hydroxyl groups excluding tert-OH is 1. The molecule has 0 radical (unpaired) electrons. The molecule has 5 atom stereocenters. The lowest BCUT2D eigenvalue weighted by molar-refractivity contribution is -0.146. The number of nitrogens with zero attached hydrogens (tertiary/aromatic N) is 5. The molecule has 1 aromatic heterocycles. The molecule has 1 unspecified atom stereocenters. The van der Waals surface area contributed by atoms with Crippen LogP contribution in [-0.4, -0.2) is 79.4 Å². The number of hydrogen-bond donors (Lipinski definition) is 1. The van der Waals surface area contributed by atoms with Gasteiger partial charge in [0.15, 0.2) is 11.4 Å². The van der Waals surface area contributed by atoms with Gasteiger partial charge < -0.3 is 29.0 Å². The third-order valence-electron chi connectivity index (χ3n) is 13.9. The van der Waals surface area contributed by atoms with Gasteiger partial charge >= 0.3 is 5.97 Å². The molecular weight excluding hydrogens is 851 g/mol. The smallest absolute Gasteiger partial charge is 0.305 e. The molecule has 1 N–H and O–H groups in total. The van der Waals surface area contributed by atoms with E-state index in [-0.39, 0.29) is 48.2 Å². The Morgan fingerprint density at radius 2 is 1.59 bits per heavy atom. The van der Waals surface area contributed by atoms with Crippen LogP contribution < -0.4 is 24.5 Å². The second-order valence-electron chi connectivity index (χ2n) is 17.9. The summed E-state index contributed by atoms with van der Waals surface area (Å²) in [5, 5.41) is 20.7. The van der Waals surface area contributed by atoms with Gasteiger partial charge in [-0.25, -0.2) is 0 Å². The molecule has 340 valence electrons. The lowest BCUT2D eigenvalue weighted by Crippen LogP contribution is -2.52. The minimum Gasteiger partial charge on any atom is -0.497 e. The molecule has 14 heteroatoms. The van der Waals surface area contributed by atoms with Crippen LogP contribution in [0.2, 0.25) is 18.6 Å². The quantitative estimate of drug-likeness (QED) is 0.0605. The van der Waals surface area contributed by atoms with E-state index in [1.807, 2.05) is 108 Å². The zero-order valence-electron chi connectivity index (χ0n) is 37.9. The SMILES string of the molecule is COC(=O)CCCCN1C(=O)[C@@]2(O[C@@H](CCn3cc(C(CO)c4ccccc4)nn3)[C@H]([Si](C)(C)c3ccc(OC)cc3)[C@H]2C)c2cc(N3C(=O)c4ccccc4Oc4ccccc43)ccc21. The normalized spacial score (nSPS) is 20.4. The lowest BCUT2D eigenvalue weighted by atomic mass is 9.82. The van der Waals surface area contributed by atoms with Gasteiger partial charge in [0, 0.05) is 42.9 Å². The molecule has 3 aliphatic rings. The van der Waals surface area contributed by atoms with Crippen molar-refractivity contribution < 1.29 is 38.4 Å². The number of ether oxygens (including phenoxy) is 4. The largest absolute Gasteiger partial charge is 0.497 e. The topological polar surface area (TPSA) is 146 Å². The molecule has 1 saturated heterocycles. The maximum atomic E-state index is 15.7. The fourth-order valence-corrected chi connectivity index (χ4v) is 14.6. The van der Waals surface area contributed by atoms with E-state index in [1.54, 1.807) is 28.8 Å². The monoisotopic (exact) mass is 905 g/mol. The van der Waals surface area contributed by atoms with Crippen LogP contribution in [-0.2, 0) is 31.2 Å². The van der Waals surface area contributed by atoms with Crippen molar-refractivity contribution in [1.82, 2.24) is 15.0 Å². The van der Waals surface area contributed by atoms with E-state index in [0.29, 0.717) is 77.7 Å². The standard InChI is InChI=1S/C52H55N5O8Si/c1-34-49(66(4,5)38-25-23-37(62-2)24-26-38)47(28-30-55-32-42(53-54-55)40(33-58)35-15-7-6-8-16-35)65-52(34)41-31-36(22-27-43(41)56(51(52)61)29-14-13-21-48(59)63-3)57-44-18-10-12-20-46(44)64-45-19-11-9-17-39(45)50(57)60/h6-12,15-20,22-27,31-32,34,40,47,49,58H,13-14,21,28-30,33H2,1-5H3/t34-,40?,47+,49-,52+/m1/s1. The fourth-order valence-electron chi connectivity index (χ4n) is 10.5. The van der Waals surface area contributed by atoms with Gasteiger partial charge in [-0.1, -0.05) is 97.1 Å². The molecule has 3 aliphatic heterocycles. The van der Waals surface area contributed by atoms with Crippen LogP contribution in [0.5, 0.6) is 17.2 Å². The zero-order chi connectivity index (χ0) is 46.2. The summed E-state index contributed by atoms with van der Waals surface area (Å²) in [7, 11) is 0.499. The first kappa shape index (κ1) is 44.6. The maximum absolute atomic E-state index is 15.7. The minimum absolute atomic E-state index is 0.0797. The van der Waals surface area contributed by atoms with Gasteiger partial charge in [0.05, 0.1) is 63.6 Å². The number of hydrogen-bond acceptors (Lipinski definition) is 10. The molecule has 6 aromatic rings. The number of anilines is 3. The van der Waals surface area contributed by atoms with Crippen molar-refractivity contribution in [2.45, 2.75) is 75.4 Å². The van der Waals surface area contributed by atoms with E-state index in [2.05, 4.69) is 42.5 Å². The van der Waals surface area contributed by atoms with Crippen LogP contribution in [0.1, 0.15) is 65.7 Å². The summed E-state index contributed by atoms with van der Waals surface area (Å²) in [5.74, 6) is 0.361. The second kappa shape index (κ2) is 18.3. The number of esters is 1. The van der Waals surface area contributed by atoms with Crippen molar-refractivity contribution in [1.29, 1.82) is 0 Å². The van der Waals surface area contributed by atoms with E-state index in [9.17, 15) is 14.7 Å². The minimum atomic E-state index is -2.54. The molecule has 9 rings (SSSR count). The number of aryl methyl sites for hydroxylation is 1. The molecule has 2 amide bonds. The number of carbonyl (C=O) groups excluding carboxylic acids is 3. The Kier molecular flexibility index (Phi) is 12.4. The van der Waals surface area contributed by atoms with E-state index in [1.165, 1.54) is 12.3 Å². The Balaban J connectivity index is 1.14. The molecule has 0 aliphatic carbocycles. The number of methoxy groups -OCH3 is 2. The van der Waals surface area contributed by atoms with Gasteiger partial charge in [-0.3, -0.25) is 24.0 Å². The predicted octanol–water partition coefficient (Wildman–Crippen LogP) is 8.49. The Bertz CT molecular complexity index is 2750. The molecular formula is C52H55N5O8Si. The highest BCUT2D eigenvalue weighted by Crippen LogP contribution is 2.61. The van der Waals surface area contributed by atoms with Crippen LogP contribution in [0.3, 0.4) is 0 Å². The van der Waals surface area contributed by atoms with Crippen molar-refractivity contribution in [3.63, 3.8) is 0 Å². The zero-order valence-corrected chi connectivity index (χ0v) is 38.9. The molecule has 13 nitrogen and oxygen atoms in total. The van der Waals surface area contributed by atoms with Crippen LogP contribution >= 0.6 is 0 Å². The van der Waals surface area contributed by atoms with Crippen LogP contribution in [0, 0.1) is 5.92 Å². The number of carbonyl (C=O) groups is 3. The van der Waals surface area contributed by atoms with Crippen molar-refractivity contribution >= 4 is 48.1 Å². The van der Waals surface area contributed by atoms with Crippen LogP contribution in [0.25, 0.3) is 0 Å².